The van der Waals surface area contributed by atoms with E-state index in [2.05, 4.69) is 4.98 Å². The molecule has 0 bridgehead atoms. The standard InChI is InChI=1S/C30H28N2O5/c1-2-16-37-23-12-10-19(11-13-23)28(34)26-27(20-6-5-7-22(33)17-20)32(30(36)29(26)35)15-14-21-18-31-25-9-4-3-8-24(21)25/h3-13,17-18,27,31,33-34H,2,14-16H2,1H3/b28-26+. The van der Waals surface area contributed by atoms with Gasteiger partial charge in [0.1, 0.15) is 17.3 Å². The highest BCUT2D eigenvalue weighted by Crippen LogP contribution is 2.40. The molecule has 7 nitrogen and oxygen atoms in total. The van der Waals surface area contributed by atoms with Crippen molar-refractivity contribution in [2.24, 2.45) is 0 Å². The van der Waals surface area contributed by atoms with Gasteiger partial charge in [-0.2, -0.15) is 0 Å². The van der Waals surface area contributed by atoms with E-state index in [1.54, 1.807) is 36.4 Å². The Kier molecular flexibility index (Phi) is 6.68. The third-order valence-electron chi connectivity index (χ3n) is 6.62. The van der Waals surface area contributed by atoms with Crippen molar-refractivity contribution in [2.75, 3.05) is 13.2 Å². The molecular weight excluding hydrogens is 468 g/mol. The van der Waals surface area contributed by atoms with E-state index in [1.165, 1.54) is 17.0 Å². The van der Waals surface area contributed by atoms with Crippen molar-refractivity contribution in [3.63, 3.8) is 0 Å². The van der Waals surface area contributed by atoms with Crippen LogP contribution in [0.4, 0.5) is 0 Å². The SMILES string of the molecule is CCCOc1ccc(/C(O)=C2\C(=O)C(=O)N(CCc3c[nH]c4ccccc34)C2c2cccc(O)c2)cc1. The van der Waals surface area contributed by atoms with E-state index in [9.17, 15) is 19.8 Å². The zero-order chi connectivity index (χ0) is 25.9. The first-order valence-electron chi connectivity index (χ1n) is 12.3. The van der Waals surface area contributed by atoms with Crippen molar-refractivity contribution in [1.29, 1.82) is 0 Å². The minimum absolute atomic E-state index is 0.00301. The molecule has 0 spiro atoms. The Balaban J connectivity index is 1.52. The predicted octanol–water partition coefficient (Wildman–Crippen LogP) is 5.33. The van der Waals surface area contributed by atoms with Crippen molar-refractivity contribution < 1.29 is 24.5 Å². The molecule has 1 amide bonds. The summed E-state index contributed by atoms with van der Waals surface area (Å²) in [5, 5.41) is 22.5. The average Bonchev–Trinajstić information content (AvgIpc) is 3.44. The molecule has 1 saturated heterocycles. The monoisotopic (exact) mass is 496 g/mol. The number of Topliss-reactive ketones (excluding diaryl/α,β-unsaturated/α-hetero) is 1. The lowest BCUT2D eigenvalue weighted by atomic mass is 9.95. The van der Waals surface area contributed by atoms with E-state index in [4.69, 9.17) is 4.74 Å². The maximum atomic E-state index is 13.3. The molecular formula is C30H28N2O5. The molecule has 1 aliphatic rings. The Bertz CT molecular complexity index is 1490. The molecule has 7 heteroatoms. The molecule has 3 N–H and O–H groups in total. The lowest BCUT2D eigenvalue weighted by molar-refractivity contribution is -0.139. The number of aliphatic hydroxyl groups excluding tert-OH is 1. The molecule has 0 aliphatic carbocycles. The number of para-hydroxylation sites is 1. The van der Waals surface area contributed by atoms with Crippen LogP contribution >= 0.6 is 0 Å². The van der Waals surface area contributed by atoms with Crippen molar-refractivity contribution in [1.82, 2.24) is 9.88 Å². The van der Waals surface area contributed by atoms with Gasteiger partial charge in [-0.05, 0) is 66.4 Å². The van der Waals surface area contributed by atoms with Gasteiger partial charge in [0.2, 0.25) is 0 Å². The van der Waals surface area contributed by atoms with Gasteiger partial charge in [-0.15, -0.1) is 0 Å². The van der Waals surface area contributed by atoms with E-state index in [-0.39, 0.29) is 23.6 Å². The number of H-pyrrole nitrogens is 1. The van der Waals surface area contributed by atoms with Crippen LogP contribution in [0, 0.1) is 0 Å². The highest BCUT2D eigenvalue weighted by atomic mass is 16.5. The zero-order valence-corrected chi connectivity index (χ0v) is 20.5. The number of ether oxygens (including phenoxy) is 1. The summed E-state index contributed by atoms with van der Waals surface area (Å²) in [5.41, 5.74) is 2.97. The summed E-state index contributed by atoms with van der Waals surface area (Å²) in [5.74, 6) is -1.03. The first-order chi connectivity index (χ1) is 18.0. The molecule has 0 saturated carbocycles. The second-order valence-corrected chi connectivity index (χ2v) is 9.07. The first-order valence-corrected chi connectivity index (χ1v) is 12.3. The number of rotatable bonds is 8. The van der Waals surface area contributed by atoms with Crippen LogP contribution in [0.15, 0.2) is 84.6 Å². The van der Waals surface area contributed by atoms with Crippen LogP contribution in [0.3, 0.4) is 0 Å². The predicted molar refractivity (Wildman–Crippen MR) is 141 cm³/mol. The third-order valence-corrected chi connectivity index (χ3v) is 6.62. The van der Waals surface area contributed by atoms with Crippen LogP contribution in [0.1, 0.15) is 36.1 Å². The Hall–Kier alpha value is -4.52. The number of ketones is 1. The molecule has 188 valence electrons. The van der Waals surface area contributed by atoms with Gasteiger partial charge in [0.15, 0.2) is 0 Å². The van der Waals surface area contributed by atoms with E-state index < -0.39 is 17.7 Å². The highest BCUT2D eigenvalue weighted by molar-refractivity contribution is 6.46. The highest BCUT2D eigenvalue weighted by Gasteiger charge is 2.46. The number of hydrogen-bond donors (Lipinski definition) is 3. The maximum absolute atomic E-state index is 13.3. The number of carbonyl (C=O) groups is 2. The minimum Gasteiger partial charge on any atom is -0.508 e. The van der Waals surface area contributed by atoms with Gasteiger partial charge in [-0.1, -0.05) is 37.3 Å². The van der Waals surface area contributed by atoms with Crippen LogP contribution in [-0.4, -0.2) is 44.9 Å². The molecule has 1 atom stereocenters. The smallest absolute Gasteiger partial charge is 0.295 e. The van der Waals surface area contributed by atoms with Gasteiger partial charge in [-0.25, -0.2) is 0 Å². The number of nitrogens with zero attached hydrogens (tertiary/aromatic N) is 1. The number of aromatic amines is 1. The third kappa shape index (κ3) is 4.68. The number of aromatic nitrogens is 1. The molecule has 1 aliphatic heterocycles. The molecule has 1 aromatic heterocycles. The summed E-state index contributed by atoms with van der Waals surface area (Å²) in [7, 11) is 0. The minimum atomic E-state index is -0.840. The summed E-state index contributed by atoms with van der Waals surface area (Å²) in [4.78, 5) is 31.2. The van der Waals surface area contributed by atoms with Crippen LogP contribution < -0.4 is 4.74 Å². The van der Waals surface area contributed by atoms with Gasteiger partial charge in [0.25, 0.3) is 11.7 Å². The molecule has 3 aromatic carbocycles. The number of likely N-dealkylation sites (tertiary alicyclic amines) is 1. The van der Waals surface area contributed by atoms with Crippen LogP contribution in [0.5, 0.6) is 11.5 Å². The number of carbonyl (C=O) groups excluding carboxylic acids is 2. The molecule has 2 heterocycles. The van der Waals surface area contributed by atoms with Gasteiger partial charge in [0.05, 0.1) is 18.2 Å². The van der Waals surface area contributed by atoms with E-state index >= 15 is 0 Å². The van der Waals surface area contributed by atoms with Gasteiger partial charge in [0, 0.05) is 29.2 Å². The molecule has 37 heavy (non-hydrogen) atoms. The molecule has 1 fully saturated rings. The zero-order valence-electron chi connectivity index (χ0n) is 20.5. The number of amides is 1. The number of phenolic OH excluding ortho intramolecular Hbond substituents is 1. The molecule has 4 aromatic rings. The molecule has 1 unspecified atom stereocenters. The Morgan fingerprint density at radius 3 is 2.57 bits per heavy atom. The lowest BCUT2D eigenvalue weighted by Crippen LogP contribution is -2.31. The fourth-order valence-electron chi connectivity index (χ4n) is 4.82. The topological polar surface area (TPSA) is 103 Å². The summed E-state index contributed by atoms with van der Waals surface area (Å²) >= 11 is 0. The Morgan fingerprint density at radius 1 is 1.03 bits per heavy atom. The summed E-state index contributed by atoms with van der Waals surface area (Å²) in [6.45, 7) is 2.84. The lowest BCUT2D eigenvalue weighted by Gasteiger charge is -2.25. The van der Waals surface area contributed by atoms with E-state index in [0.717, 1.165) is 22.9 Å². The summed E-state index contributed by atoms with van der Waals surface area (Å²) < 4.78 is 5.61. The van der Waals surface area contributed by atoms with Gasteiger partial charge < -0.3 is 24.8 Å². The number of hydrogen-bond acceptors (Lipinski definition) is 5. The van der Waals surface area contributed by atoms with Crippen molar-refractivity contribution in [2.45, 2.75) is 25.8 Å². The van der Waals surface area contributed by atoms with E-state index in [1.807, 2.05) is 37.4 Å². The van der Waals surface area contributed by atoms with Crippen LogP contribution in [0.25, 0.3) is 16.7 Å². The molecule has 5 rings (SSSR count). The maximum Gasteiger partial charge on any atom is 0.295 e. The number of aromatic hydroxyl groups is 1. The summed E-state index contributed by atoms with van der Waals surface area (Å²) in [6.07, 6.45) is 3.29. The number of phenols is 1. The summed E-state index contributed by atoms with van der Waals surface area (Å²) in [6, 6.07) is 20.3. The number of fused-ring (bicyclic) bond motifs is 1. The second-order valence-electron chi connectivity index (χ2n) is 9.07. The van der Waals surface area contributed by atoms with Crippen LogP contribution in [0.2, 0.25) is 0 Å². The quantitative estimate of drug-likeness (QED) is 0.174. The number of benzene rings is 3. The number of aliphatic hydroxyl groups is 1. The van der Waals surface area contributed by atoms with Gasteiger partial charge in [-0.3, -0.25) is 9.59 Å². The van der Waals surface area contributed by atoms with Crippen molar-refractivity contribution in [3.8, 4) is 11.5 Å². The normalized spacial score (nSPS) is 17.0. The fraction of sp³-hybridized carbons (Fsp3) is 0.200. The Morgan fingerprint density at radius 2 is 1.81 bits per heavy atom. The first kappa shape index (κ1) is 24.2. The van der Waals surface area contributed by atoms with E-state index in [0.29, 0.717) is 29.9 Å². The van der Waals surface area contributed by atoms with Crippen molar-refractivity contribution in [3.05, 3.63) is 101 Å². The fourth-order valence-corrected chi connectivity index (χ4v) is 4.82. The van der Waals surface area contributed by atoms with Gasteiger partial charge >= 0.3 is 0 Å². The van der Waals surface area contributed by atoms with Crippen molar-refractivity contribution >= 4 is 28.4 Å². The number of nitrogens with one attached hydrogen (secondary N) is 1. The Labute approximate surface area is 214 Å². The largest absolute Gasteiger partial charge is 0.508 e. The average molecular weight is 497 g/mol. The second kappa shape index (κ2) is 10.2. The van der Waals surface area contributed by atoms with Crippen LogP contribution in [-0.2, 0) is 16.0 Å². The molecule has 0 radical (unpaired) electrons.